The van der Waals surface area contributed by atoms with Gasteiger partial charge in [-0.05, 0) is 49.7 Å². The fraction of sp³-hybridized carbons (Fsp3) is 0.895. The van der Waals surface area contributed by atoms with Crippen LogP contribution < -0.4 is 0 Å². The van der Waals surface area contributed by atoms with Crippen molar-refractivity contribution in [1.29, 1.82) is 0 Å². The standard InChI is InChI=1S/C19H30O5S2/c1-17(8-9-19(16(21-2)24-17)25-12-3-13-26-19)15(20)14-4-6-18(7-5-14)22-10-11-23-18/h4,15-16,20H,3,5-13H2,1-2H3/t15-,16-,17-/m0/s1. The zero-order valence-corrected chi connectivity index (χ0v) is 17.3. The van der Waals surface area contributed by atoms with Gasteiger partial charge in [0.25, 0.3) is 0 Å². The van der Waals surface area contributed by atoms with Crippen LogP contribution in [0.4, 0.5) is 0 Å². The molecule has 0 aromatic heterocycles. The molecule has 7 heteroatoms. The third-order valence-electron chi connectivity index (χ3n) is 6.11. The lowest BCUT2D eigenvalue weighted by molar-refractivity contribution is -0.245. The summed E-state index contributed by atoms with van der Waals surface area (Å²) in [4.78, 5) is 0. The van der Waals surface area contributed by atoms with E-state index in [0.717, 1.165) is 42.8 Å². The van der Waals surface area contributed by atoms with Gasteiger partial charge in [-0.3, -0.25) is 0 Å². The predicted molar refractivity (Wildman–Crippen MR) is 104 cm³/mol. The lowest BCUT2D eigenvalue weighted by Crippen LogP contribution is -2.57. The fourth-order valence-electron chi connectivity index (χ4n) is 4.46. The Balaban J connectivity index is 1.46. The molecule has 0 unspecified atom stereocenters. The second-order valence-corrected chi connectivity index (χ2v) is 11.0. The molecule has 3 heterocycles. The summed E-state index contributed by atoms with van der Waals surface area (Å²) in [6.07, 6.45) is 6.57. The smallest absolute Gasteiger partial charge is 0.181 e. The highest BCUT2D eigenvalue weighted by molar-refractivity contribution is 8.18. The average molecular weight is 403 g/mol. The van der Waals surface area contributed by atoms with E-state index >= 15 is 0 Å². The molecule has 148 valence electrons. The van der Waals surface area contributed by atoms with Crippen LogP contribution in [0.25, 0.3) is 0 Å². The minimum atomic E-state index is -0.616. The fourth-order valence-corrected chi connectivity index (χ4v) is 7.80. The number of methoxy groups -OCH3 is 1. The highest BCUT2D eigenvalue weighted by Crippen LogP contribution is 2.54. The minimum Gasteiger partial charge on any atom is -0.386 e. The van der Waals surface area contributed by atoms with E-state index < -0.39 is 17.5 Å². The lowest BCUT2D eigenvalue weighted by atomic mass is 9.81. The van der Waals surface area contributed by atoms with Gasteiger partial charge in [0.2, 0.25) is 0 Å². The van der Waals surface area contributed by atoms with Gasteiger partial charge in [-0.1, -0.05) is 6.08 Å². The van der Waals surface area contributed by atoms with E-state index in [4.69, 9.17) is 18.9 Å². The van der Waals surface area contributed by atoms with E-state index in [1.165, 1.54) is 6.42 Å². The van der Waals surface area contributed by atoms with Crippen molar-refractivity contribution < 1.29 is 24.1 Å². The molecule has 3 aliphatic heterocycles. The Morgan fingerprint density at radius 2 is 1.92 bits per heavy atom. The zero-order chi connectivity index (χ0) is 18.3. The van der Waals surface area contributed by atoms with Crippen LogP contribution in [0, 0.1) is 0 Å². The molecule has 0 radical (unpaired) electrons. The molecule has 2 spiro atoms. The van der Waals surface area contributed by atoms with Crippen molar-refractivity contribution in [2.24, 2.45) is 0 Å². The SMILES string of the molecule is CO[C@H]1O[C@](C)([C@@H](O)C2=CCC3(CC2)OCCO3)CCC12SCCCS2. The van der Waals surface area contributed by atoms with E-state index in [2.05, 4.69) is 6.08 Å². The van der Waals surface area contributed by atoms with Gasteiger partial charge in [-0.25, -0.2) is 0 Å². The molecule has 26 heavy (non-hydrogen) atoms. The Labute approximate surface area is 164 Å². The maximum Gasteiger partial charge on any atom is 0.181 e. The molecule has 4 aliphatic rings. The first-order valence-electron chi connectivity index (χ1n) is 9.64. The maximum atomic E-state index is 11.1. The lowest BCUT2D eigenvalue weighted by Gasteiger charge is -2.52. The van der Waals surface area contributed by atoms with Crippen molar-refractivity contribution in [2.45, 2.75) is 73.3 Å². The number of hydrogen-bond donors (Lipinski definition) is 1. The van der Waals surface area contributed by atoms with Crippen LogP contribution in [-0.4, -0.2) is 64.8 Å². The van der Waals surface area contributed by atoms with E-state index in [1.54, 1.807) is 7.11 Å². The molecule has 0 aromatic rings. The number of ether oxygens (including phenoxy) is 4. The van der Waals surface area contributed by atoms with E-state index in [9.17, 15) is 5.11 Å². The summed E-state index contributed by atoms with van der Waals surface area (Å²) in [5, 5.41) is 11.1. The minimum absolute atomic E-state index is 0.0250. The topological polar surface area (TPSA) is 57.2 Å². The quantitative estimate of drug-likeness (QED) is 0.727. The summed E-state index contributed by atoms with van der Waals surface area (Å²) in [5.74, 6) is 1.86. The molecule has 5 nitrogen and oxygen atoms in total. The third kappa shape index (κ3) is 3.49. The number of aliphatic hydroxyl groups excluding tert-OH is 1. The molecular formula is C19H30O5S2. The van der Waals surface area contributed by atoms with Crippen LogP contribution in [0.3, 0.4) is 0 Å². The molecule has 1 aliphatic carbocycles. The van der Waals surface area contributed by atoms with E-state index in [-0.39, 0.29) is 10.4 Å². The molecule has 0 amide bonds. The molecule has 0 saturated carbocycles. The zero-order valence-electron chi connectivity index (χ0n) is 15.7. The first kappa shape index (κ1) is 19.6. The number of thioether (sulfide) groups is 2. The molecule has 0 aromatic carbocycles. The van der Waals surface area contributed by atoms with Crippen LogP contribution in [0.1, 0.15) is 45.4 Å². The second kappa shape index (κ2) is 7.58. The molecule has 4 rings (SSSR count). The van der Waals surface area contributed by atoms with Gasteiger partial charge in [0.15, 0.2) is 12.1 Å². The predicted octanol–water partition coefficient (Wildman–Crippen LogP) is 3.31. The Hall–Kier alpha value is 0.240. The first-order chi connectivity index (χ1) is 12.5. The second-order valence-electron chi connectivity index (χ2n) is 7.85. The van der Waals surface area contributed by atoms with Gasteiger partial charge in [0.05, 0.1) is 18.8 Å². The Bertz CT molecular complexity index is 542. The van der Waals surface area contributed by atoms with Crippen LogP contribution in [0.5, 0.6) is 0 Å². The summed E-state index contributed by atoms with van der Waals surface area (Å²) in [5.41, 5.74) is 0.435. The average Bonchev–Trinajstić information content (AvgIpc) is 3.13. The third-order valence-corrected chi connectivity index (χ3v) is 9.58. The van der Waals surface area contributed by atoms with Crippen LogP contribution in [-0.2, 0) is 18.9 Å². The van der Waals surface area contributed by atoms with Crippen molar-refractivity contribution >= 4 is 23.5 Å². The van der Waals surface area contributed by atoms with Crippen LogP contribution >= 0.6 is 23.5 Å². The highest BCUT2D eigenvalue weighted by atomic mass is 32.2. The molecule has 1 N–H and O–H groups in total. The normalized spacial score (nSPS) is 37.7. The molecule has 0 bridgehead atoms. The van der Waals surface area contributed by atoms with Crippen molar-refractivity contribution in [3.63, 3.8) is 0 Å². The summed E-state index contributed by atoms with van der Waals surface area (Å²) < 4.78 is 23.7. The van der Waals surface area contributed by atoms with Crippen molar-refractivity contribution in [2.75, 3.05) is 31.8 Å². The Morgan fingerprint density at radius 1 is 1.19 bits per heavy atom. The van der Waals surface area contributed by atoms with Gasteiger partial charge >= 0.3 is 0 Å². The van der Waals surface area contributed by atoms with Crippen molar-refractivity contribution in [1.82, 2.24) is 0 Å². The van der Waals surface area contributed by atoms with Gasteiger partial charge in [-0.2, -0.15) is 0 Å². The van der Waals surface area contributed by atoms with Crippen LogP contribution in [0.2, 0.25) is 0 Å². The first-order valence-corrected chi connectivity index (χ1v) is 11.6. The Kier molecular flexibility index (Phi) is 5.70. The van der Waals surface area contributed by atoms with Gasteiger partial charge < -0.3 is 24.1 Å². The maximum absolute atomic E-state index is 11.1. The van der Waals surface area contributed by atoms with Crippen molar-refractivity contribution in [3.05, 3.63) is 11.6 Å². The summed E-state index contributed by atoms with van der Waals surface area (Å²) >= 11 is 3.93. The summed E-state index contributed by atoms with van der Waals surface area (Å²) in [6.45, 7) is 3.36. The monoisotopic (exact) mass is 402 g/mol. The van der Waals surface area contributed by atoms with Gasteiger partial charge in [0, 0.05) is 20.0 Å². The Morgan fingerprint density at radius 3 is 2.54 bits per heavy atom. The van der Waals surface area contributed by atoms with Crippen molar-refractivity contribution in [3.8, 4) is 0 Å². The molecular weight excluding hydrogens is 372 g/mol. The molecule has 3 atom stereocenters. The number of hydrogen-bond acceptors (Lipinski definition) is 7. The largest absolute Gasteiger partial charge is 0.386 e. The van der Waals surface area contributed by atoms with E-state index in [0.29, 0.717) is 19.6 Å². The molecule has 3 saturated heterocycles. The van der Waals surface area contributed by atoms with Gasteiger partial charge in [0.1, 0.15) is 10.2 Å². The summed E-state index contributed by atoms with van der Waals surface area (Å²) in [7, 11) is 1.72. The number of aliphatic hydroxyl groups is 1. The molecule has 3 fully saturated rings. The number of rotatable bonds is 3. The highest BCUT2D eigenvalue weighted by Gasteiger charge is 2.54. The van der Waals surface area contributed by atoms with Gasteiger partial charge in [-0.15, -0.1) is 23.5 Å². The van der Waals surface area contributed by atoms with Crippen LogP contribution in [0.15, 0.2) is 11.6 Å². The summed E-state index contributed by atoms with van der Waals surface area (Å²) in [6, 6.07) is 0. The van der Waals surface area contributed by atoms with E-state index in [1.807, 2.05) is 30.4 Å².